The lowest BCUT2D eigenvalue weighted by atomic mass is 10.1. The van der Waals surface area contributed by atoms with Crippen molar-refractivity contribution in [2.45, 2.75) is 33.6 Å². The van der Waals surface area contributed by atoms with Crippen LogP contribution in [0.25, 0.3) is 5.69 Å². The number of nitrogens with one attached hydrogen (secondary N) is 1. The van der Waals surface area contributed by atoms with E-state index in [1.54, 1.807) is 23.0 Å². The molecule has 3 aromatic rings. The van der Waals surface area contributed by atoms with Crippen molar-refractivity contribution >= 4 is 22.4 Å². The van der Waals surface area contributed by atoms with E-state index in [0.29, 0.717) is 16.4 Å². The highest BCUT2D eigenvalue weighted by Crippen LogP contribution is 2.26. The van der Waals surface area contributed by atoms with Gasteiger partial charge in [0, 0.05) is 4.88 Å². The lowest BCUT2D eigenvalue weighted by Gasteiger charge is -2.12. The molecule has 2 aromatic heterocycles. The van der Waals surface area contributed by atoms with E-state index in [1.165, 1.54) is 23.5 Å². The number of hydrogen-bond donors (Lipinski definition) is 1. The summed E-state index contributed by atoms with van der Waals surface area (Å²) in [5, 5.41) is 7.76. The molecular weight excluding hydrogens is 339 g/mol. The number of benzene rings is 1. The number of aromatic nitrogens is 3. The molecule has 7 heteroatoms. The minimum Gasteiger partial charge on any atom is -0.298 e. The molecule has 2 heterocycles. The number of carbonyl (C=O) groups is 1. The van der Waals surface area contributed by atoms with E-state index < -0.39 is 0 Å². The molecule has 130 valence electrons. The van der Waals surface area contributed by atoms with E-state index in [-0.39, 0.29) is 17.6 Å². The normalized spacial score (nSPS) is 11.1. The van der Waals surface area contributed by atoms with E-state index in [0.717, 1.165) is 16.3 Å². The van der Waals surface area contributed by atoms with Crippen molar-refractivity contribution in [1.82, 2.24) is 14.8 Å². The minimum absolute atomic E-state index is 0.0630. The van der Waals surface area contributed by atoms with Crippen LogP contribution in [0, 0.1) is 19.7 Å². The number of rotatable bonds is 4. The summed E-state index contributed by atoms with van der Waals surface area (Å²) in [5.74, 6) is -0.492. The van der Waals surface area contributed by atoms with Gasteiger partial charge in [-0.25, -0.2) is 14.1 Å². The molecular formula is C18H19FN4OS. The summed E-state index contributed by atoms with van der Waals surface area (Å²) in [7, 11) is 0. The van der Waals surface area contributed by atoms with E-state index in [1.807, 2.05) is 27.7 Å². The summed E-state index contributed by atoms with van der Waals surface area (Å²) in [6.45, 7) is 7.86. The lowest BCUT2D eigenvalue weighted by Crippen LogP contribution is -2.15. The Balaban J connectivity index is 1.96. The highest BCUT2D eigenvalue weighted by atomic mass is 32.1. The number of carbonyl (C=O) groups excluding carboxylic acids is 1. The third kappa shape index (κ3) is 3.46. The number of anilines is 1. The molecule has 0 atom stereocenters. The predicted molar refractivity (Wildman–Crippen MR) is 97.2 cm³/mol. The summed E-state index contributed by atoms with van der Waals surface area (Å²) >= 11 is 1.44. The first kappa shape index (κ1) is 17.3. The van der Waals surface area contributed by atoms with Gasteiger partial charge in [-0.3, -0.25) is 10.1 Å². The van der Waals surface area contributed by atoms with Gasteiger partial charge in [0.05, 0.1) is 28.8 Å². The Morgan fingerprint density at radius 2 is 1.92 bits per heavy atom. The van der Waals surface area contributed by atoms with Crippen LogP contribution in [0.1, 0.15) is 46.4 Å². The molecule has 0 spiro atoms. The van der Waals surface area contributed by atoms with Crippen LogP contribution < -0.4 is 5.32 Å². The van der Waals surface area contributed by atoms with Crippen molar-refractivity contribution < 1.29 is 9.18 Å². The zero-order valence-electron chi connectivity index (χ0n) is 14.5. The summed E-state index contributed by atoms with van der Waals surface area (Å²) in [6.07, 6.45) is 1.54. The third-order valence-corrected chi connectivity index (χ3v) is 4.91. The van der Waals surface area contributed by atoms with Crippen molar-refractivity contribution in [2.24, 2.45) is 0 Å². The van der Waals surface area contributed by atoms with Crippen LogP contribution in [0.4, 0.5) is 9.52 Å². The molecule has 0 aliphatic carbocycles. The number of amides is 1. The Kier molecular flexibility index (Phi) is 4.67. The molecule has 3 rings (SSSR count). The Morgan fingerprint density at radius 1 is 1.24 bits per heavy atom. The van der Waals surface area contributed by atoms with Crippen molar-refractivity contribution in [2.75, 3.05) is 5.32 Å². The van der Waals surface area contributed by atoms with E-state index in [2.05, 4.69) is 15.4 Å². The number of aryl methyl sites for hydroxylation is 2. The molecule has 1 amide bonds. The molecule has 0 fully saturated rings. The standard InChI is InChI=1S/C18H19FN4OS/c1-10(2)16-15(17(24)22-18-21-11(3)12(4)25-18)9-20-23(16)14-7-5-13(19)6-8-14/h5-10H,1-4H3,(H,21,22,24). The Bertz CT molecular complexity index is 892. The maximum atomic E-state index is 13.2. The molecule has 5 nitrogen and oxygen atoms in total. The average molecular weight is 358 g/mol. The van der Waals surface area contributed by atoms with Crippen molar-refractivity contribution in [3.05, 3.63) is 58.1 Å². The second-order valence-corrected chi connectivity index (χ2v) is 7.30. The van der Waals surface area contributed by atoms with Crippen LogP contribution in [0.2, 0.25) is 0 Å². The van der Waals surface area contributed by atoms with Gasteiger partial charge in [0.25, 0.3) is 5.91 Å². The number of halogens is 1. The van der Waals surface area contributed by atoms with Crippen molar-refractivity contribution in [1.29, 1.82) is 0 Å². The maximum absolute atomic E-state index is 13.2. The summed E-state index contributed by atoms with van der Waals surface area (Å²) in [4.78, 5) is 18.1. The molecule has 0 saturated carbocycles. The summed E-state index contributed by atoms with van der Waals surface area (Å²) < 4.78 is 14.9. The maximum Gasteiger partial charge on any atom is 0.260 e. The highest BCUT2D eigenvalue weighted by Gasteiger charge is 2.22. The van der Waals surface area contributed by atoms with Gasteiger partial charge in [-0.2, -0.15) is 5.10 Å². The predicted octanol–water partition coefficient (Wildman–Crippen LogP) is 4.46. The molecule has 0 aliphatic heterocycles. The van der Waals surface area contributed by atoms with Crippen LogP contribution in [0.5, 0.6) is 0 Å². The van der Waals surface area contributed by atoms with Gasteiger partial charge in [0.1, 0.15) is 5.82 Å². The monoisotopic (exact) mass is 358 g/mol. The fourth-order valence-corrected chi connectivity index (χ4v) is 3.38. The van der Waals surface area contributed by atoms with Gasteiger partial charge in [0.2, 0.25) is 0 Å². The second kappa shape index (κ2) is 6.76. The summed E-state index contributed by atoms with van der Waals surface area (Å²) in [6, 6.07) is 6.04. The van der Waals surface area contributed by atoms with Gasteiger partial charge >= 0.3 is 0 Å². The average Bonchev–Trinajstić information content (AvgIpc) is 3.12. The van der Waals surface area contributed by atoms with Gasteiger partial charge in [-0.05, 0) is 44.0 Å². The van der Waals surface area contributed by atoms with Gasteiger partial charge < -0.3 is 0 Å². The van der Waals surface area contributed by atoms with E-state index >= 15 is 0 Å². The highest BCUT2D eigenvalue weighted by molar-refractivity contribution is 7.15. The quantitative estimate of drug-likeness (QED) is 0.749. The first-order valence-electron chi connectivity index (χ1n) is 7.96. The molecule has 0 saturated heterocycles. The van der Waals surface area contributed by atoms with Crippen LogP contribution >= 0.6 is 11.3 Å². The van der Waals surface area contributed by atoms with Gasteiger partial charge in [-0.1, -0.05) is 13.8 Å². The molecule has 1 aromatic carbocycles. The fraction of sp³-hybridized carbons (Fsp3) is 0.278. The third-order valence-electron chi connectivity index (χ3n) is 3.92. The van der Waals surface area contributed by atoms with Crippen molar-refractivity contribution in [3.63, 3.8) is 0 Å². The first-order chi connectivity index (χ1) is 11.9. The number of hydrogen-bond acceptors (Lipinski definition) is 4. The largest absolute Gasteiger partial charge is 0.298 e. The minimum atomic E-state index is -0.311. The number of nitrogens with zero attached hydrogens (tertiary/aromatic N) is 3. The van der Waals surface area contributed by atoms with Crippen LogP contribution in [0.15, 0.2) is 30.5 Å². The Morgan fingerprint density at radius 3 is 2.48 bits per heavy atom. The SMILES string of the molecule is Cc1nc(NC(=O)c2cnn(-c3ccc(F)cc3)c2C(C)C)sc1C. The topological polar surface area (TPSA) is 59.8 Å². The molecule has 1 N–H and O–H groups in total. The van der Waals surface area contributed by atoms with E-state index in [9.17, 15) is 9.18 Å². The first-order valence-corrected chi connectivity index (χ1v) is 8.77. The molecule has 0 radical (unpaired) electrons. The molecule has 0 unspecified atom stereocenters. The zero-order chi connectivity index (χ0) is 18.1. The Labute approximate surface area is 149 Å². The van der Waals surface area contributed by atoms with Crippen LogP contribution in [-0.2, 0) is 0 Å². The Hall–Kier alpha value is -2.54. The van der Waals surface area contributed by atoms with E-state index in [4.69, 9.17) is 0 Å². The van der Waals surface area contributed by atoms with Crippen molar-refractivity contribution in [3.8, 4) is 5.69 Å². The zero-order valence-corrected chi connectivity index (χ0v) is 15.3. The molecule has 0 aliphatic rings. The smallest absolute Gasteiger partial charge is 0.260 e. The molecule has 25 heavy (non-hydrogen) atoms. The van der Waals surface area contributed by atoms with Gasteiger partial charge in [-0.15, -0.1) is 11.3 Å². The second-order valence-electron chi connectivity index (χ2n) is 6.10. The fourth-order valence-electron chi connectivity index (χ4n) is 2.57. The summed E-state index contributed by atoms with van der Waals surface area (Å²) in [5.41, 5.74) is 2.88. The lowest BCUT2D eigenvalue weighted by molar-refractivity contribution is 0.102. The number of thiazole rings is 1. The molecule has 0 bridgehead atoms. The van der Waals surface area contributed by atoms with Crippen LogP contribution in [-0.4, -0.2) is 20.7 Å². The van der Waals surface area contributed by atoms with Gasteiger partial charge in [0.15, 0.2) is 5.13 Å². The van der Waals surface area contributed by atoms with Crippen LogP contribution in [0.3, 0.4) is 0 Å².